The minimum atomic E-state index is -0.168. The zero-order chi connectivity index (χ0) is 16.7. The lowest BCUT2D eigenvalue weighted by molar-refractivity contribution is 0.937. The molecule has 0 aliphatic rings. The molecular weight excluding hydrogens is 410 g/mol. The Hall–Kier alpha value is -2.02. The number of rotatable bonds is 2. The van der Waals surface area contributed by atoms with E-state index >= 15 is 0 Å². The fraction of sp³-hybridized carbons (Fsp3) is 0. The molecule has 0 amide bonds. The summed E-state index contributed by atoms with van der Waals surface area (Å²) in [5, 5.41) is 4.93. The molecule has 0 fully saturated rings. The predicted molar refractivity (Wildman–Crippen MR) is 101 cm³/mol. The molecule has 0 N–H and O–H groups in total. The standard InChI is InChI=1S/C17H9BrClN3OS/c18-12-6-4-10(5-7-12)8-14-16(23)22-17(24-14)20-15(21-22)11-2-1-3-13(19)9-11/h1-9H/b14-8-. The largest absolute Gasteiger partial charge is 0.291 e. The Bertz CT molecular complexity index is 1150. The first-order valence-corrected chi connectivity index (χ1v) is 9.02. The third kappa shape index (κ3) is 2.88. The van der Waals surface area contributed by atoms with Gasteiger partial charge in [-0.25, -0.2) is 0 Å². The van der Waals surface area contributed by atoms with E-state index in [4.69, 9.17) is 11.6 Å². The van der Waals surface area contributed by atoms with E-state index in [-0.39, 0.29) is 5.56 Å². The lowest BCUT2D eigenvalue weighted by atomic mass is 10.2. The van der Waals surface area contributed by atoms with Crippen LogP contribution in [0.5, 0.6) is 0 Å². The maximum Gasteiger partial charge on any atom is 0.291 e. The van der Waals surface area contributed by atoms with Gasteiger partial charge in [-0.1, -0.05) is 63.1 Å². The number of nitrogens with zero attached hydrogens (tertiary/aromatic N) is 3. The number of thiazole rings is 1. The molecule has 4 aromatic rings. The third-order valence-corrected chi connectivity index (χ3v) is 5.16. The summed E-state index contributed by atoms with van der Waals surface area (Å²) >= 11 is 10.7. The van der Waals surface area contributed by atoms with E-state index in [9.17, 15) is 4.79 Å². The van der Waals surface area contributed by atoms with Crippen LogP contribution in [0.1, 0.15) is 5.56 Å². The second kappa shape index (κ2) is 6.12. The van der Waals surface area contributed by atoms with Crippen molar-refractivity contribution in [1.29, 1.82) is 0 Å². The molecule has 24 heavy (non-hydrogen) atoms. The molecule has 0 saturated heterocycles. The highest BCUT2D eigenvalue weighted by atomic mass is 79.9. The maximum atomic E-state index is 12.5. The van der Waals surface area contributed by atoms with Gasteiger partial charge in [0.25, 0.3) is 5.56 Å². The van der Waals surface area contributed by atoms with Gasteiger partial charge in [0.2, 0.25) is 4.96 Å². The van der Waals surface area contributed by atoms with Crippen molar-refractivity contribution in [2.75, 3.05) is 0 Å². The Balaban J connectivity index is 1.81. The first kappa shape index (κ1) is 15.5. The van der Waals surface area contributed by atoms with Crippen LogP contribution in [0.3, 0.4) is 0 Å². The molecule has 0 bridgehead atoms. The zero-order valence-electron chi connectivity index (χ0n) is 12.1. The highest BCUT2D eigenvalue weighted by Crippen LogP contribution is 2.20. The van der Waals surface area contributed by atoms with Gasteiger partial charge in [-0.2, -0.15) is 9.50 Å². The van der Waals surface area contributed by atoms with Gasteiger partial charge >= 0.3 is 0 Å². The predicted octanol–water partition coefficient (Wildman–Crippen LogP) is 3.78. The highest BCUT2D eigenvalue weighted by molar-refractivity contribution is 9.10. The van der Waals surface area contributed by atoms with Crippen molar-refractivity contribution in [1.82, 2.24) is 14.6 Å². The summed E-state index contributed by atoms with van der Waals surface area (Å²) in [7, 11) is 0. The van der Waals surface area contributed by atoms with Crippen molar-refractivity contribution < 1.29 is 0 Å². The number of hydrogen-bond acceptors (Lipinski definition) is 4. The monoisotopic (exact) mass is 417 g/mol. The number of aromatic nitrogens is 3. The molecule has 0 saturated carbocycles. The minimum Gasteiger partial charge on any atom is -0.266 e. The Labute approximate surface area is 154 Å². The van der Waals surface area contributed by atoms with Gasteiger partial charge in [0, 0.05) is 15.1 Å². The molecular formula is C17H9BrClN3OS. The van der Waals surface area contributed by atoms with E-state index in [0.717, 1.165) is 15.6 Å². The molecule has 0 radical (unpaired) electrons. The summed E-state index contributed by atoms with van der Waals surface area (Å²) in [6.45, 7) is 0. The first-order valence-electron chi connectivity index (χ1n) is 7.03. The van der Waals surface area contributed by atoms with Crippen molar-refractivity contribution >= 4 is 49.9 Å². The van der Waals surface area contributed by atoms with Crippen LogP contribution in [0, 0.1) is 0 Å². The summed E-state index contributed by atoms with van der Waals surface area (Å²) in [4.78, 5) is 17.5. The van der Waals surface area contributed by atoms with Gasteiger partial charge in [0.05, 0.1) is 4.53 Å². The van der Waals surface area contributed by atoms with Crippen molar-refractivity contribution in [2.24, 2.45) is 0 Å². The molecule has 0 aliphatic carbocycles. The zero-order valence-corrected chi connectivity index (χ0v) is 15.3. The SMILES string of the molecule is O=c1/c(=C/c2ccc(Br)cc2)sc2nc(-c3cccc(Cl)c3)nn12. The van der Waals surface area contributed by atoms with Gasteiger partial charge in [-0.05, 0) is 35.9 Å². The van der Waals surface area contributed by atoms with E-state index in [1.54, 1.807) is 12.1 Å². The van der Waals surface area contributed by atoms with Crippen LogP contribution in [-0.4, -0.2) is 14.6 Å². The van der Waals surface area contributed by atoms with Gasteiger partial charge in [-0.3, -0.25) is 4.79 Å². The van der Waals surface area contributed by atoms with Crippen molar-refractivity contribution in [3.05, 3.63) is 78.5 Å². The summed E-state index contributed by atoms with van der Waals surface area (Å²) < 4.78 is 2.94. The van der Waals surface area contributed by atoms with Crippen LogP contribution >= 0.6 is 38.9 Å². The molecule has 2 aromatic heterocycles. The average molecular weight is 419 g/mol. The first-order chi connectivity index (χ1) is 11.6. The average Bonchev–Trinajstić information content (AvgIpc) is 3.10. The van der Waals surface area contributed by atoms with E-state index < -0.39 is 0 Å². The van der Waals surface area contributed by atoms with E-state index in [0.29, 0.717) is 20.3 Å². The molecule has 2 aromatic carbocycles. The van der Waals surface area contributed by atoms with Crippen LogP contribution in [0.4, 0.5) is 0 Å². The van der Waals surface area contributed by atoms with Crippen LogP contribution in [0.2, 0.25) is 5.02 Å². The van der Waals surface area contributed by atoms with Crippen molar-refractivity contribution in [3.63, 3.8) is 0 Å². The lowest BCUT2D eigenvalue weighted by Gasteiger charge is -1.94. The third-order valence-electron chi connectivity index (χ3n) is 3.43. The summed E-state index contributed by atoms with van der Waals surface area (Å²) in [6, 6.07) is 15.0. The second-order valence-electron chi connectivity index (χ2n) is 5.11. The molecule has 2 heterocycles. The molecule has 0 atom stereocenters. The number of hydrogen-bond donors (Lipinski definition) is 0. The van der Waals surface area contributed by atoms with Crippen LogP contribution < -0.4 is 10.1 Å². The number of fused-ring (bicyclic) bond motifs is 1. The van der Waals surface area contributed by atoms with E-state index in [1.807, 2.05) is 42.5 Å². The summed E-state index contributed by atoms with van der Waals surface area (Å²) in [5.41, 5.74) is 1.57. The van der Waals surface area contributed by atoms with Gasteiger partial charge < -0.3 is 0 Å². The fourth-order valence-corrected chi connectivity index (χ4v) is 3.66. The van der Waals surface area contributed by atoms with Crippen LogP contribution in [0.25, 0.3) is 22.4 Å². The van der Waals surface area contributed by atoms with Crippen LogP contribution in [-0.2, 0) is 0 Å². The van der Waals surface area contributed by atoms with Crippen molar-refractivity contribution in [2.45, 2.75) is 0 Å². The Kier molecular flexibility index (Phi) is 3.96. The normalized spacial score (nSPS) is 12.2. The summed E-state index contributed by atoms with van der Waals surface area (Å²) in [5.74, 6) is 0.496. The number of halogens is 2. The second-order valence-corrected chi connectivity index (χ2v) is 7.47. The molecule has 118 valence electrons. The smallest absolute Gasteiger partial charge is 0.266 e. The fourth-order valence-electron chi connectivity index (χ4n) is 2.29. The van der Waals surface area contributed by atoms with Crippen molar-refractivity contribution in [3.8, 4) is 11.4 Å². The molecule has 0 spiro atoms. The molecule has 7 heteroatoms. The molecule has 4 nitrogen and oxygen atoms in total. The van der Waals surface area contributed by atoms with Crippen LogP contribution in [0.15, 0.2) is 57.8 Å². The van der Waals surface area contributed by atoms with Gasteiger partial charge in [0.1, 0.15) is 0 Å². The quantitative estimate of drug-likeness (QED) is 0.498. The van der Waals surface area contributed by atoms with E-state index in [1.165, 1.54) is 15.9 Å². The minimum absolute atomic E-state index is 0.168. The van der Waals surface area contributed by atoms with Gasteiger partial charge in [0.15, 0.2) is 5.82 Å². The summed E-state index contributed by atoms with van der Waals surface area (Å²) in [6.07, 6.45) is 1.84. The Morgan fingerprint density at radius 1 is 1.17 bits per heavy atom. The number of benzene rings is 2. The molecule has 0 aliphatic heterocycles. The lowest BCUT2D eigenvalue weighted by Crippen LogP contribution is -2.23. The van der Waals surface area contributed by atoms with E-state index in [2.05, 4.69) is 26.0 Å². The molecule has 0 unspecified atom stereocenters. The highest BCUT2D eigenvalue weighted by Gasteiger charge is 2.12. The Morgan fingerprint density at radius 3 is 2.67 bits per heavy atom. The molecule has 4 rings (SSSR count). The topological polar surface area (TPSA) is 47.3 Å². The van der Waals surface area contributed by atoms with Gasteiger partial charge in [-0.15, -0.1) is 5.10 Å². The Morgan fingerprint density at radius 2 is 1.96 bits per heavy atom. The maximum absolute atomic E-state index is 12.5.